The summed E-state index contributed by atoms with van der Waals surface area (Å²) in [6.07, 6.45) is 3.39. The minimum atomic E-state index is -0.333. The van der Waals surface area contributed by atoms with Gasteiger partial charge in [0.1, 0.15) is 5.60 Å². The lowest BCUT2D eigenvalue weighted by Gasteiger charge is -2.39. The van der Waals surface area contributed by atoms with Gasteiger partial charge in [0.05, 0.1) is 5.92 Å². The van der Waals surface area contributed by atoms with E-state index < -0.39 is 0 Å². The highest BCUT2D eigenvalue weighted by Crippen LogP contribution is 2.39. The van der Waals surface area contributed by atoms with Gasteiger partial charge < -0.3 is 10.1 Å². The standard InChI is InChI=1S/C13H23NO2/c1-13(2,3)16-12(15)11-5-9(6-11)4-10-7-14-8-10/h9-11,14H,4-8H2,1-3H3. The van der Waals surface area contributed by atoms with E-state index in [1.165, 1.54) is 19.5 Å². The molecule has 3 nitrogen and oxygen atoms in total. The lowest BCUT2D eigenvalue weighted by molar-refractivity contribution is -0.165. The van der Waals surface area contributed by atoms with Crippen LogP contribution in [0.15, 0.2) is 0 Å². The lowest BCUT2D eigenvalue weighted by Crippen LogP contribution is -2.45. The third-order valence-electron chi connectivity index (χ3n) is 3.51. The number of hydrogen-bond acceptors (Lipinski definition) is 3. The maximum atomic E-state index is 11.7. The van der Waals surface area contributed by atoms with Crippen LogP contribution in [0.5, 0.6) is 0 Å². The highest BCUT2D eigenvalue weighted by molar-refractivity contribution is 5.73. The fourth-order valence-electron chi connectivity index (χ4n) is 2.49. The van der Waals surface area contributed by atoms with Gasteiger partial charge in [-0.15, -0.1) is 0 Å². The molecule has 0 spiro atoms. The molecule has 1 saturated heterocycles. The van der Waals surface area contributed by atoms with Crippen LogP contribution in [0.2, 0.25) is 0 Å². The molecule has 2 fully saturated rings. The van der Waals surface area contributed by atoms with Gasteiger partial charge in [0.2, 0.25) is 0 Å². The zero-order valence-electron chi connectivity index (χ0n) is 10.6. The molecular formula is C13H23NO2. The molecule has 92 valence electrons. The van der Waals surface area contributed by atoms with Crippen molar-refractivity contribution in [3.63, 3.8) is 0 Å². The molecule has 0 aromatic rings. The number of hydrogen-bond donors (Lipinski definition) is 1. The van der Waals surface area contributed by atoms with Crippen LogP contribution in [0, 0.1) is 17.8 Å². The minimum absolute atomic E-state index is 0.00971. The van der Waals surface area contributed by atoms with Crippen molar-refractivity contribution >= 4 is 5.97 Å². The lowest BCUT2D eigenvalue weighted by atomic mass is 9.70. The van der Waals surface area contributed by atoms with Crippen LogP contribution < -0.4 is 5.32 Å². The van der Waals surface area contributed by atoms with Gasteiger partial charge in [0.15, 0.2) is 0 Å². The van der Waals surface area contributed by atoms with Crippen molar-refractivity contribution in [2.75, 3.05) is 13.1 Å². The van der Waals surface area contributed by atoms with E-state index in [-0.39, 0.29) is 17.5 Å². The second-order valence-corrected chi connectivity index (χ2v) is 6.33. The van der Waals surface area contributed by atoms with Crippen LogP contribution in [-0.2, 0) is 9.53 Å². The summed E-state index contributed by atoms with van der Waals surface area (Å²) in [4.78, 5) is 11.7. The minimum Gasteiger partial charge on any atom is -0.460 e. The van der Waals surface area contributed by atoms with Gasteiger partial charge in [-0.3, -0.25) is 4.79 Å². The summed E-state index contributed by atoms with van der Waals surface area (Å²) in [6, 6.07) is 0. The Morgan fingerprint density at radius 2 is 1.88 bits per heavy atom. The number of nitrogens with one attached hydrogen (secondary N) is 1. The maximum absolute atomic E-state index is 11.7. The van der Waals surface area contributed by atoms with Crippen LogP contribution in [0.3, 0.4) is 0 Å². The van der Waals surface area contributed by atoms with E-state index in [0.29, 0.717) is 0 Å². The smallest absolute Gasteiger partial charge is 0.309 e. The Hall–Kier alpha value is -0.570. The molecule has 1 N–H and O–H groups in total. The van der Waals surface area contributed by atoms with E-state index >= 15 is 0 Å². The van der Waals surface area contributed by atoms with E-state index in [4.69, 9.17) is 4.74 Å². The number of ether oxygens (including phenoxy) is 1. The first-order valence-electron chi connectivity index (χ1n) is 6.37. The normalized spacial score (nSPS) is 30.4. The number of rotatable bonds is 3. The van der Waals surface area contributed by atoms with Gasteiger partial charge in [-0.1, -0.05) is 0 Å². The summed E-state index contributed by atoms with van der Waals surface area (Å²) in [5.41, 5.74) is -0.333. The first-order chi connectivity index (χ1) is 7.44. The molecule has 0 bridgehead atoms. The fourth-order valence-corrected chi connectivity index (χ4v) is 2.49. The van der Waals surface area contributed by atoms with E-state index in [1.807, 2.05) is 20.8 Å². The van der Waals surface area contributed by atoms with Crippen molar-refractivity contribution in [1.29, 1.82) is 0 Å². The zero-order chi connectivity index (χ0) is 11.8. The Kier molecular flexibility index (Phi) is 3.24. The van der Waals surface area contributed by atoms with Gasteiger partial charge in [-0.25, -0.2) is 0 Å². The van der Waals surface area contributed by atoms with Gasteiger partial charge >= 0.3 is 5.97 Å². The highest BCUT2D eigenvalue weighted by Gasteiger charge is 2.38. The summed E-state index contributed by atoms with van der Waals surface area (Å²) < 4.78 is 5.38. The molecule has 3 heteroatoms. The predicted octanol–water partition coefficient (Wildman–Crippen LogP) is 1.96. The summed E-state index contributed by atoms with van der Waals surface area (Å²) >= 11 is 0. The monoisotopic (exact) mass is 225 g/mol. The first-order valence-corrected chi connectivity index (χ1v) is 6.37. The maximum Gasteiger partial charge on any atom is 0.309 e. The second kappa shape index (κ2) is 4.36. The van der Waals surface area contributed by atoms with Gasteiger partial charge in [-0.2, -0.15) is 0 Å². The van der Waals surface area contributed by atoms with E-state index in [9.17, 15) is 4.79 Å². The molecule has 0 radical (unpaired) electrons. The van der Waals surface area contributed by atoms with Crippen LogP contribution in [0.25, 0.3) is 0 Å². The van der Waals surface area contributed by atoms with Crippen LogP contribution >= 0.6 is 0 Å². The molecule has 0 amide bonds. The SMILES string of the molecule is CC(C)(C)OC(=O)C1CC(CC2CNC2)C1. The Morgan fingerprint density at radius 3 is 2.31 bits per heavy atom. The van der Waals surface area contributed by atoms with Crippen LogP contribution in [-0.4, -0.2) is 24.7 Å². The van der Waals surface area contributed by atoms with Crippen molar-refractivity contribution in [3.8, 4) is 0 Å². The Labute approximate surface area is 97.9 Å². The summed E-state index contributed by atoms with van der Waals surface area (Å²) in [5.74, 6) is 1.82. The van der Waals surface area contributed by atoms with Crippen LogP contribution in [0.1, 0.15) is 40.0 Å². The quantitative estimate of drug-likeness (QED) is 0.746. The first kappa shape index (κ1) is 11.9. The highest BCUT2D eigenvalue weighted by atomic mass is 16.6. The molecule has 0 aromatic heterocycles. The topological polar surface area (TPSA) is 38.3 Å². The van der Waals surface area contributed by atoms with E-state index in [0.717, 1.165) is 24.7 Å². The second-order valence-electron chi connectivity index (χ2n) is 6.33. The summed E-state index contributed by atoms with van der Waals surface area (Å²) in [5, 5.41) is 3.29. The van der Waals surface area contributed by atoms with Crippen molar-refractivity contribution in [1.82, 2.24) is 5.32 Å². The third-order valence-corrected chi connectivity index (χ3v) is 3.51. The number of esters is 1. The molecule has 0 aromatic carbocycles. The average Bonchev–Trinajstić information content (AvgIpc) is 1.93. The molecule has 1 saturated carbocycles. The number of carbonyl (C=O) groups excluding carboxylic acids is 1. The molecular weight excluding hydrogens is 202 g/mol. The molecule has 0 unspecified atom stereocenters. The largest absolute Gasteiger partial charge is 0.460 e. The number of carbonyl (C=O) groups is 1. The van der Waals surface area contributed by atoms with Gasteiger partial charge in [-0.05, 0) is 65.0 Å². The molecule has 16 heavy (non-hydrogen) atoms. The average molecular weight is 225 g/mol. The molecule has 1 aliphatic carbocycles. The van der Waals surface area contributed by atoms with Crippen molar-refractivity contribution in [2.24, 2.45) is 17.8 Å². The molecule has 1 aliphatic heterocycles. The summed E-state index contributed by atoms with van der Waals surface area (Å²) in [6.45, 7) is 8.14. The Bertz CT molecular complexity index is 260. The van der Waals surface area contributed by atoms with E-state index in [2.05, 4.69) is 5.32 Å². The zero-order valence-corrected chi connectivity index (χ0v) is 10.6. The van der Waals surface area contributed by atoms with Crippen LogP contribution in [0.4, 0.5) is 0 Å². The molecule has 2 rings (SSSR count). The third kappa shape index (κ3) is 2.97. The van der Waals surface area contributed by atoms with Gasteiger partial charge in [0.25, 0.3) is 0 Å². The predicted molar refractivity (Wildman–Crippen MR) is 63.0 cm³/mol. The van der Waals surface area contributed by atoms with Crippen molar-refractivity contribution in [3.05, 3.63) is 0 Å². The Morgan fingerprint density at radius 1 is 1.25 bits per heavy atom. The molecule has 2 aliphatic rings. The fraction of sp³-hybridized carbons (Fsp3) is 0.923. The summed E-state index contributed by atoms with van der Waals surface area (Å²) in [7, 11) is 0. The van der Waals surface area contributed by atoms with Gasteiger partial charge in [0, 0.05) is 0 Å². The molecule has 1 heterocycles. The van der Waals surface area contributed by atoms with E-state index in [1.54, 1.807) is 0 Å². The van der Waals surface area contributed by atoms with Crippen molar-refractivity contribution < 1.29 is 9.53 Å². The Balaban J connectivity index is 1.65. The van der Waals surface area contributed by atoms with Crippen molar-refractivity contribution in [2.45, 2.75) is 45.6 Å². The molecule has 0 atom stereocenters.